The molecule has 0 heterocycles. The fraction of sp³-hybridized carbons (Fsp3) is 1.00. The highest BCUT2D eigenvalue weighted by Gasteiger charge is 2.76. The van der Waals surface area contributed by atoms with Crippen LogP contribution in [0.1, 0.15) is 48.0 Å². The molecule has 22 heteroatoms. The summed E-state index contributed by atoms with van der Waals surface area (Å²) in [7, 11) is -5.40. The molecule has 45 heavy (non-hydrogen) atoms. The molecule has 0 spiro atoms. The van der Waals surface area contributed by atoms with Crippen LogP contribution in [0.5, 0.6) is 0 Å². The van der Waals surface area contributed by atoms with E-state index in [0.29, 0.717) is 6.54 Å². The molecule has 0 aliphatic rings. The Hall–Kier alpha value is -1.13. The van der Waals surface area contributed by atoms with Gasteiger partial charge >= 0.3 is 44.4 Å². The summed E-state index contributed by atoms with van der Waals surface area (Å²) >= 11 is 0. The first-order valence-electron chi connectivity index (χ1n) is 12.5. The van der Waals surface area contributed by atoms with Gasteiger partial charge in [-0.2, -0.15) is 61.1 Å². The molecule has 0 unspecified atom stereocenters. The first-order chi connectivity index (χ1) is 19.1. The molecule has 0 aliphatic carbocycles. The molecular formula is C23H42F13N3O4S2. The zero-order valence-electron chi connectivity index (χ0n) is 26.4. The van der Waals surface area contributed by atoms with Gasteiger partial charge in [-0.15, -0.1) is 0 Å². The van der Waals surface area contributed by atoms with E-state index in [1.165, 1.54) is 0 Å². The molecule has 0 aromatic rings. The molecule has 0 atom stereocenters. The minimum absolute atomic E-state index is 0.267. The van der Waals surface area contributed by atoms with E-state index in [1.807, 2.05) is 0 Å². The van der Waals surface area contributed by atoms with Crippen LogP contribution < -0.4 is 5.73 Å². The number of halogens is 13. The van der Waals surface area contributed by atoms with Crippen molar-refractivity contribution >= 4 is 20.1 Å². The summed E-state index contributed by atoms with van der Waals surface area (Å²) in [6.45, 7) is 8.52. The lowest BCUT2D eigenvalue weighted by molar-refractivity contribution is -0.272. The molecule has 0 fully saturated rings. The molecule has 0 saturated heterocycles. The topological polar surface area (TPSA) is 101 Å². The SMILES string of the molecule is CC(F)(F)C(F)(F)C(F)(F)S(=O)(=O)F.CN(C)CC(C)(C)CCS(=O)(=O)C(F)(F)C(F)(F)C(C)(F)F.CN(C)CC(C)(C)CN. The Bertz CT molecular complexity index is 1130. The van der Waals surface area contributed by atoms with Crippen molar-refractivity contribution in [2.24, 2.45) is 16.6 Å². The van der Waals surface area contributed by atoms with Crippen molar-refractivity contribution < 1.29 is 73.4 Å². The second kappa shape index (κ2) is 15.4. The lowest BCUT2D eigenvalue weighted by Gasteiger charge is -2.32. The Balaban J connectivity index is -0.000000653. The molecule has 0 amide bonds. The second-order valence-electron chi connectivity index (χ2n) is 12.5. The number of hydrogen-bond donors (Lipinski definition) is 1. The molecule has 0 saturated carbocycles. The fourth-order valence-electron chi connectivity index (χ4n) is 3.25. The predicted octanol–water partition coefficient (Wildman–Crippen LogP) is 5.96. The minimum Gasteiger partial charge on any atom is -0.330 e. The quantitative estimate of drug-likeness (QED) is 0.174. The van der Waals surface area contributed by atoms with E-state index >= 15 is 0 Å². The number of hydrogen-bond acceptors (Lipinski definition) is 7. The Labute approximate surface area is 255 Å². The zero-order chi connectivity index (χ0) is 37.7. The van der Waals surface area contributed by atoms with Crippen molar-refractivity contribution in [2.45, 2.75) is 82.2 Å². The molecule has 0 rings (SSSR count). The number of rotatable bonds is 14. The van der Waals surface area contributed by atoms with Gasteiger partial charge < -0.3 is 15.5 Å². The van der Waals surface area contributed by atoms with Gasteiger partial charge in [0.15, 0.2) is 0 Å². The summed E-state index contributed by atoms with van der Waals surface area (Å²) in [6, 6.07) is 0. The van der Waals surface area contributed by atoms with Crippen molar-refractivity contribution in [3.63, 3.8) is 0 Å². The Morgan fingerprint density at radius 2 is 0.844 bits per heavy atom. The van der Waals surface area contributed by atoms with Crippen molar-refractivity contribution in [3.05, 3.63) is 0 Å². The van der Waals surface area contributed by atoms with Gasteiger partial charge in [0.2, 0.25) is 9.84 Å². The molecule has 0 radical (unpaired) electrons. The van der Waals surface area contributed by atoms with E-state index in [2.05, 4.69) is 32.8 Å². The molecule has 7 nitrogen and oxygen atoms in total. The Kier molecular flexibility index (Phi) is 16.5. The summed E-state index contributed by atoms with van der Waals surface area (Å²) in [5.74, 6) is -24.1. The van der Waals surface area contributed by atoms with E-state index in [9.17, 15) is 73.4 Å². The summed E-state index contributed by atoms with van der Waals surface area (Å²) in [5, 5.41) is -12.3. The monoisotopic (exact) mass is 735 g/mol. The third-order valence-corrected chi connectivity index (χ3v) is 8.27. The fourth-order valence-corrected chi connectivity index (χ4v) is 5.39. The first-order valence-corrected chi connectivity index (χ1v) is 15.6. The molecule has 0 bridgehead atoms. The van der Waals surface area contributed by atoms with Crippen LogP contribution in [-0.4, -0.2) is 114 Å². The predicted molar refractivity (Wildman–Crippen MR) is 143 cm³/mol. The van der Waals surface area contributed by atoms with Crippen LogP contribution >= 0.6 is 0 Å². The molecule has 276 valence electrons. The summed E-state index contributed by atoms with van der Waals surface area (Å²) in [4.78, 5) is 3.83. The van der Waals surface area contributed by atoms with Gasteiger partial charge in [-0.05, 0) is 52.0 Å². The smallest absolute Gasteiger partial charge is 0.330 e. The first kappa shape index (κ1) is 48.3. The zero-order valence-corrected chi connectivity index (χ0v) is 28.0. The maximum absolute atomic E-state index is 13.5. The van der Waals surface area contributed by atoms with E-state index < -0.39 is 79.3 Å². The van der Waals surface area contributed by atoms with Crippen LogP contribution in [0.15, 0.2) is 0 Å². The van der Waals surface area contributed by atoms with Gasteiger partial charge in [0, 0.05) is 26.9 Å². The standard InChI is InChI=1S/C12H21F6NO2S.C7H18N2.C4H3F7O2S/c1-9(2,8-19(4)5)6-7-22(20,21)12(17,18)11(15,16)10(3,13)14;1-7(2,5-8)6-9(3)4;1-2(5,6)3(7,8)4(9,10)14(11,12)13/h6-8H2,1-5H3;5-6,8H2,1-4H3;1H3. The molecule has 0 aromatic carbocycles. The minimum atomic E-state index is -7.11. The highest BCUT2D eigenvalue weighted by atomic mass is 32.3. The Morgan fingerprint density at radius 3 is 1.04 bits per heavy atom. The lowest BCUT2D eigenvalue weighted by atomic mass is 9.90. The Morgan fingerprint density at radius 1 is 0.556 bits per heavy atom. The third kappa shape index (κ3) is 13.5. The molecular weight excluding hydrogens is 693 g/mol. The van der Waals surface area contributed by atoms with Gasteiger partial charge in [-0.25, -0.2) is 8.42 Å². The third-order valence-electron chi connectivity index (χ3n) is 5.62. The van der Waals surface area contributed by atoms with Crippen LogP contribution in [0.4, 0.5) is 56.6 Å². The van der Waals surface area contributed by atoms with Gasteiger partial charge in [0.05, 0.1) is 5.75 Å². The van der Waals surface area contributed by atoms with Gasteiger partial charge in [0.1, 0.15) is 0 Å². The number of sulfone groups is 1. The van der Waals surface area contributed by atoms with Crippen molar-refractivity contribution in [2.75, 3.05) is 53.6 Å². The van der Waals surface area contributed by atoms with E-state index in [0.717, 1.165) is 13.1 Å². The highest BCUT2D eigenvalue weighted by molar-refractivity contribution is 7.92. The normalized spacial score (nSPS) is 15.0. The van der Waals surface area contributed by atoms with Crippen molar-refractivity contribution in [1.29, 1.82) is 0 Å². The molecule has 0 aromatic heterocycles. The lowest BCUT2D eigenvalue weighted by Crippen LogP contribution is -2.57. The largest absolute Gasteiger partial charge is 0.442 e. The highest BCUT2D eigenvalue weighted by Crippen LogP contribution is 2.49. The number of nitrogens with two attached hydrogens (primary N) is 1. The maximum Gasteiger partial charge on any atom is 0.442 e. The average molecular weight is 736 g/mol. The van der Waals surface area contributed by atoms with E-state index in [4.69, 9.17) is 5.73 Å². The van der Waals surface area contributed by atoms with E-state index in [1.54, 1.807) is 32.8 Å². The van der Waals surface area contributed by atoms with Crippen LogP contribution in [-0.2, 0) is 20.1 Å². The maximum atomic E-state index is 13.5. The summed E-state index contributed by atoms with van der Waals surface area (Å²) in [5.41, 5.74) is 5.03. The average Bonchev–Trinajstić information content (AvgIpc) is 2.74. The van der Waals surface area contributed by atoms with Gasteiger partial charge in [-0.1, -0.05) is 31.6 Å². The van der Waals surface area contributed by atoms with Crippen LogP contribution in [0.3, 0.4) is 0 Å². The molecule has 2 N–H and O–H groups in total. The van der Waals surface area contributed by atoms with Crippen LogP contribution in [0.2, 0.25) is 0 Å². The van der Waals surface area contributed by atoms with Crippen LogP contribution in [0.25, 0.3) is 0 Å². The second-order valence-corrected chi connectivity index (χ2v) is 16.0. The van der Waals surface area contributed by atoms with Crippen molar-refractivity contribution in [3.8, 4) is 0 Å². The molecule has 0 aliphatic heterocycles. The van der Waals surface area contributed by atoms with Gasteiger partial charge in [-0.3, -0.25) is 0 Å². The van der Waals surface area contributed by atoms with E-state index in [-0.39, 0.29) is 11.8 Å². The number of alkyl halides is 12. The summed E-state index contributed by atoms with van der Waals surface area (Å²) in [6.07, 6.45) is -0.367. The number of nitrogens with zero attached hydrogens (tertiary/aromatic N) is 2. The van der Waals surface area contributed by atoms with Crippen LogP contribution in [0, 0.1) is 10.8 Å². The summed E-state index contributed by atoms with van der Waals surface area (Å²) < 4.78 is 204. The van der Waals surface area contributed by atoms with Gasteiger partial charge in [0.25, 0.3) is 0 Å². The van der Waals surface area contributed by atoms with Crippen molar-refractivity contribution in [1.82, 2.24) is 9.80 Å².